The number of carbonyl (C=O) groups excluding carboxylic acids is 3. The standard InChI is InChI=1S/C23H30FN3O3/c24-19-9-7-18(8-10-19)14-26-16-22(29)27-12-4-11-25(15-20(27)23(26)30)21(28)13-17-5-2-1-3-6-17/h7-10,17,20H,1-6,11-16H2. The molecule has 0 spiro atoms. The van der Waals surface area contributed by atoms with Crippen LogP contribution in [0.2, 0.25) is 0 Å². The molecular formula is C23H30FN3O3. The summed E-state index contributed by atoms with van der Waals surface area (Å²) in [5.74, 6) is 0.0189. The molecule has 0 aromatic heterocycles. The SMILES string of the molecule is O=C(CC1CCCCC1)N1CCCN2C(=O)CN(Cc3ccc(F)cc3)C(=O)C2C1. The lowest BCUT2D eigenvalue weighted by atomic mass is 9.86. The van der Waals surface area contributed by atoms with Crippen LogP contribution in [0.3, 0.4) is 0 Å². The summed E-state index contributed by atoms with van der Waals surface area (Å²) >= 11 is 0. The Hall–Kier alpha value is -2.44. The number of hydrogen-bond donors (Lipinski definition) is 0. The smallest absolute Gasteiger partial charge is 0.247 e. The lowest BCUT2D eigenvalue weighted by Crippen LogP contribution is -2.61. The summed E-state index contributed by atoms with van der Waals surface area (Å²) in [5, 5.41) is 0. The predicted octanol–water partition coefficient (Wildman–Crippen LogP) is 2.57. The van der Waals surface area contributed by atoms with Crippen molar-refractivity contribution in [2.45, 2.75) is 57.5 Å². The largest absolute Gasteiger partial charge is 0.340 e. The van der Waals surface area contributed by atoms with Crippen molar-refractivity contribution in [3.05, 3.63) is 35.6 Å². The quantitative estimate of drug-likeness (QED) is 0.759. The minimum Gasteiger partial charge on any atom is -0.340 e. The van der Waals surface area contributed by atoms with Crippen LogP contribution in [0.5, 0.6) is 0 Å². The molecular weight excluding hydrogens is 385 g/mol. The molecule has 1 aliphatic carbocycles. The Morgan fingerprint density at radius 3 is 2.47 bits per heavy atom. The minimum atomic E-state index is -0.621. The maximum Gasteiger partial charge on any atom is 0.247 e. The van der Waals surface area contributed by atoms with E-state index in [0.29, 0.717) is 31.8 Å². The van der Waals surface area contributed by atoms with Gasteiger partial charge in [-0.1, -0.05) is 31.4 Å². The van der Waals surface area contributed by atoms with Gasteiger partial charge in [-0.15, -0.1) is 0 Å². The first-order chi connectivity index (χ1) is 14.5. The third kappa shape index (κ3) is 4.65. The maximum atomic E-state index is 13.2. The van der Waals surface area contributed by atoms with E-state index in [1.54, 1.807) is 21.9 Å². The van der Waals surface area contributed by atoms with Crippen molar-refractivity contribution in [1.82, 2.24) is 14.7 Å². The van der Waals surface area contributed by atoms with E-state index in [4.69, 9.17) is 0 Å². The molecule has 0 radical (unpaired) electrons. The zero-order valence-electron chi connectivity index (χ0n) is 17.4. The van der Waals surface area contributed by atoms with Crippen LogP contribution < -0.4 is 0 Å². The highest BCUT2D eigenvalue weighted by Crippen LogP contribution is 2.28. The number of halogens is 1. The van der Waals surface area contributed by atoms with Crippen molar-refractivity contribution < 1.29 is 18.8 Å². The van der Waals surface area contributed by atoms with E-state index < -0.39 is 6.04 Å². The molecule has 3 fully saturated rings. The van der Waals surface area contributed by atoms with Gasteiger partial charge in [-0.3, -0.25) is 14.4 Å². The second kappa shape index (κ2) is 9.14. The number of piperazine rings is 1. The van der Waals surface area contributed by atoms with E-state index in [-0.39, 0.29) is 43.2 Å². The van der Waals surface area contributed by atoms with Gasteiger partial charge in [0, 0.05) is 26.1 Å². The van der Waals surface area contributed by atoms with Gasteiger partial charge in [0.25, 0.3) is 0 Å². The molecule has 162 valence electrons. The van der Waals surface area contributed by atoms with Crippen LogP contribution >= 0.6 is 0 Å². The number of fused-ring (bicyclic) bond motifs is 1. The zero-order valence-corrected chi connectivity index (χ0v) is 17.4. The second-order valence-electron chi connectivity index (χ2n) is 8.83. The number of rotatable bonds is 4. The van der Waals surface area contributed by atoms with Crippen molar-refractivity contribution in [2.75, 3.05) is 26.2 Å². The average molecular weight is 416 g/mol. The Balaban J connectivity index is 1.44. The third-order valence-corrected chi connectivity index (χ3v) is 6.67. The molecule has 2 heterocycles. The summed E-state index contributed by atoms with van der Waals surface area (Å²) in [7, 11) is 0. The van der Waals surface area contributed by atoms with Gasteiger partial charge in [-0.05, 0) is 42.9 Å². The Kier molecular flexibility index (Phi) is 6.35. The van der Waals surface area contributed by atoms with E-state index >= 15 is 0 Å². The highest BCUT2D eigenvalue weighted by molar-refractivity contribution is 5.95. The van der Waals surface area contributed by atoms with Crippen LogP contribution in [-0.2, 0) is 20.9 Å². The molecule has 2 saturated heterocycles. The normalized spacial score (nSPS) is 23.4. The summed E-state index contributed by atoms with van der Waals surface area (Å²) in [6.45, 7) is 1.67. The van der Waals surface area contributed by atoms with Crippen LogP contribution in [0.15, 0.2) is 24.3 Å². The summed E-state index contributed by atoms with van der Waals surface area (Å²) < 4.78 is 13.2. The predicted molar refractivity (Wildman–Crippen MR) is 110 cm³/mol. The van der Waals surface area contributed by atoms with Crippen LogP contribution in [0.1, 0.15) is 50.5 Å². The topological polar surface area (TPSA) is 60.9 Å². The first-order valence-corrected chi connectivity index (χ1v) is 11.1. The molecule has 2 aliphatic heterocycles. The van der Waals surface area contributed by atoms with Crippen LogP contribution in [0.25, 0.3) is 0 Å². The lowest BCUT2D eigenvalue weighted by molar-refractivity contribution is -0.157. The fourth-order valence-electron chi connectivity index (χ4n) is 4.98. The summed E-state index contributed by atoms with van der Waals surface area (Å²) in [6, 6.07) is 5.35. The third-order valence-electron chi connectivity index (χ3n) is 6.67. The van der Waals surface area contributed by atoms with Crippen molar-refractivity contribution >= 4 is 17.7 Å². The van der Waals surface area contributed by atoms with Crippen LogP contribution in [0, 0.1) is 11.7 Å². The molecule has 3 aliphatic rings. The number of benzene rings is 1. The van der Waals surface area contributed by atoms with E-state index in [2.05, 4.69) is 0 Å². The van der Waals surface area contributed by atoms with Gasteiger partial charge in [0.2, 0.25) is 17.7 Å². The molecule has 3 amide bonds. The number of nitrogens with zero attached hydrogens (tertiary/aromatic N) is 3. The highest BCUT2D eigenvalue weighted by atomic mass is 19.1. The second-order valence-corrected chi connectivity index (χ2v) is 8.83. The average Bonchev–Trinajstić information content (AvgIpc) is 2.98. The fraction of sp³-hybridized carbons (Fsp3) is 0.609. The Labute approximate surface area is 177 Å². The number of amides is 3. The molecule has 0 bridgehead atoms. The zero-order chi connectivity index (χ0) is 21.1. The molecule has 1 aromatic carbocycles. The number of carbonyl (C=O) groups is 3. The molecule has 1 saturated carbocycles. The Bertz CT molecular complexity index is 791. The van der Waals surface area contributed by atoms with Gasteiger partial charge in [0.1, 0.15) is 18.4 Å². The molecule has 1 atom stereocenters. The number of hydrogen-bond acceptors (Lipinski definition) is 3. The van der Waals surface area contributed by atoms with Gasteiger partial charge < -0.3 is 14.7 Å². The van der Waals surface area contributed by atoms with Crippen molar-refractivity contribution in [1.29, 1.82) is 0 Å². The van der Waals surface area contributed by atoms with Gasteiger partial charge in [0.15, 0.2) is 0 Å². The summed E-state index contributed by atoms with van der Waals surface area (Å²) in [4.78, 5) is 43.9. The summed E-state index contributed by atoms with van der Waals surface area (Å²) in [6.07, 6.45) is 7.11. The molecule has 6 nitrogen and oxygen atoms in total. The van der Waals surface area contributed by atoms with Gasteiger partial charge in [-0.25, -0.2) is 4.39 Å². The van der Waals surface area contributed by atoms with E-state index in [9.17, 15) is 18.8 Å². The van der Waals surface area contributed by atoms with Crippen LogP contribution in [-0.4, -0.2) is 64.6 Å². The molecule has 0 N–H and O–H groups in total. The molecule has 1 unspecified atom stereocenters. The molecule has 7 heteroatoms. The minimum absolute atomic E-state index is 0.0305. The molecule has 1 aromatic rings. The summed E-state index contributed by atoms with van der Waals surface area (Å²) in [5.41, 5.74) is 0.782. The molecule has 30 heavy (non-hydrogen) atoms. The van der Waals surface area contributed by atoms with E-state index in [1.807, 2.05) is 0 Å². The first kappa shape index (κ1) is 20.8. The first-order valence-electron chi connectivity index (χ1n) is 11.1. The van der Waals surface area contributed by atoms with Crippen molar-refractivity contribution in [3.8, 4) is 0 Å². The van der Waals surface area contributed by atoms with Gasteiger partial charge in [-0.2, -0.15) is 0 Å². The molecule has 4 rings (SSSR count). The van der Waals surface area contributed by atoms with Gasteiger partial charge in [0.05, 0.1) is 6.54 Å². The fourth-order valence-corrected chi connectivity index (χ4v) is 4.98. The Morgan fingerprint density at radius 2 is 1.73 bits per heavy atom. The van der Waals surface area contributed by atoms with E-state index in [0.717, 1.165) is 18.4 Å². The van der Waals surface area contributed by atoms with E-state index in [1.165, 1.54) is 36.3 Å². The van der Waals surface area contributed by atoms with Crippen molar-refractivity contribution in [2.24, 2.45) is 5.92 Å². The Morgan fingerprint density at radius 1 is 1.00 bits per heavy atom. The van der Waals surface area contributed by atoms with Crippen LogP contribution in [0.4, 0.5) is 4.39 Å². The van der Waals surface area contributed by atoms with Gasteiger partial charge >= 0.3 is 0 Å². The maximum absolute atomic E-state index is 13.2. The highest BCUT2D eigenvalue weighted by Gasteiger charge is 2.42. The lowest BCUT2D eigenvalue weighted by Gasteiger charge is -2.40. The van der Waals surface area contributed by atoms with Crippen molar-refractivity contribution in [3.63, 3.8) is 0 Å². The monoisotopic (exact) mass is 415 g/mol.